The van der Waals surface area contributed by atoms with Crippen LogP contribution in [-0.2, 0) is 11.2 Å². The molecule has 0 aliphatic rings. The molecule has 6 nitrogen and oxygen atoms in total. The summed E-state index contributed by atoms with van der Waals surface area (Å²) in [5.41, 5.74) is 7.61. The van der Waals surface area contributed by atoms with Gasteiger partial charge < -0.3 is 4.52 Å². The Morgan fingerprint density at radius 3 is 2.82 bits per heavy atom. The molecule has 0 aromatic carbocycles. The van der Waals surface area contributed by atoms with Gasteiger partial charge in [-0.15, -0.1) is 0 Å². The molecule has 17 heavy (non-hydrogen) atoms. The third kappa shape index (κ3) is 3.10. The third-order valence-electron chi connectivity index (χ3n) is 2.20. The summed E-state index contributed by atoms with van der Waals surface area (Å²) in [5.74, 6) is 0.427. The number of hydrogen-bond acceptors (Lipinski definition) is 5. The van der Waals surface area contributed by atoms with Gasteiger partial charge in [-0.3, -0.25) is 15.5 Å². The zero-order valence-electron chi connectivity index (χ0n) is 9.09. The smallest absolute Gasteiger partial charge is 0.238 e. The van der Waals surface area contributed by atoms with Crippen molar-refractivity contribution in [2.75, 3.05) is 0 Å². The first-order chi connectivity index (χ1) is 8.25. The maximum atomic E-state index is 10.5. The van der Waals surface area contributed by atoms with Crippen LogP contribution in [0.1, 0.15) is 18.7 Å². The minimum atomic E-state index is -0.570. The number of nitrogens with zero attached hydrogens (tertiary/aromatic N) is 3. The highest BCUT2D eigenvalue weighted by Crippen LogP contribution is 2.14. The lowest BCUT2D eigenvalue weighted by Gasteiger charge is -1.91. The minimum Gasteiger partial charge on any atom is -0.339 e. The number of hydrogen-bond donors (Lipinski definition) is 0. The summed E-state index contributed by atoms with van der Waals surface area (Å²) < 4.78 is 5.05. The van der Waals surface area contributed by atoms with E-state index in [1.54, 1.807) is 24.5 Å². The molecule has 2 aromatic heterocycles. The summed E-state index contributed by atoms with van der Waals surface area (Å²) >= 11 is 0. The van der Waals surface area contributed by atoms with Crippen molar-refractivity contribution in [3.63, 3.8) is 0 Å². The van der Waals surface area contributed by atoms with Gasteiger partial charge in [0.25, 0.3) is 0 Å². The van der Waals surface area contributed by atoms with Gasteiger partial charge in [-0.1, -0.05) is 5.16 Å². The Morgan fingerprint density at radius 1 is 1.35 bits per heavy atom. The summed E-state index contributed by atoms with van der Waals surface area (Å²) in [4.78, 5) is 18.6. The van der Waals surface area contributed by atoms with E-state index in [4.69, 9.17) is 10.3 Å². The summed E-state index contributed by atoms with van der Waals surface area (Å²) in [7, 11) is 0. The fraction of sp³-hybridized carbons (Fsp3) is 0.273. The molecule has 0 aliphatic heterocycles. The van der Waals surface area contributed by atoms with Gasteiger partial charge in [0.2, 0.25) is 17.6 Å². The highest BCUT2D eigenvalue weighted by molar-refractivity contribution is 5.72. The first-order valence-electron chi connectivity index (χ1n) is 5.23. The van der Waals surface area contributed by atoms with Gasteiger partial charge >= 0.3 is 0 Å². The largest absolute Gasteiger partial charge is 0.339 e. The van der Waals surface area contributed by atoms with Crippen LogP contribution < -0.4 is 5.73 Å². The van der Waals surface area contributed by atoms with E-state index in [0.29, 0.717) is 24.6 Å². The van der Waals surface area contributed by atoms with Crippen LogP contribution in [0.5, 0.6) is 0 Å². The maximum Gasteiger partial charge on any atom is 0.238 e. The quantitative estimate of drug-likeness (QED) is 0.772. The average molecular weight is 231 g/mol. The van der Waals surface area contributed by atoms with E-state index in [1.165, 1.54) is 0 Å². The molecule has 0 unspecified atom stereocenters. The second kappa shape index (κ2) is 5.20. The molecule has 0 saturated heterocycles. The average Bonchev–Trinajstić information content (AvgIpc) is 2.78. The normalized spacial score (nSPS) is 10.4. The Morgan fingerprint density at radius 2 is 2.12 bits per heavy atom. The summed E-state index contributed by atoms with van der Waals surface area (Å²) in [6.07, 6.45) is 4.60. The van der Waals surface area contributed by atoms with E-state index in [0.717, 1.165) is 5.56 Å². The number of rotatable bonds is 5. The molecule has 0 aliphatic carbocycles. The van der Waals surface area contributed by atoms with Crippen LogP contribution in [0.2, 0.25) is 0 Å². The lowest BCUT2D eigenvalue weighted by molar-refractivity contribution is -0.118. The Bertz CT molecular complexity index is 495. The highest BCUT2D eigenvalue weighted by Gasteiger charge is 2.08. The van der Waals surface area contributed by atoms with Crippen LogP contribution in [0.25, 0.3) is 11.4 Å². The van der Waals surface area contributed by atoms with Crippen LogP contribution >= 0.6 is 0 Å². The third-order valence-corrected chi connectivity index (χ3v) is 2.20. The Balaban J connectivity index is 1.99. The predicted octanol–water partition coefficient (Wildman–Crippen LogP) is 1.26. The maximum absolute atomic E-state index is 10.5. The van der Waals surface area contributed by atoms with E-state index >= 15 is 0 Å². The van der Waals surface area contributed by atoms with E-state index in [-0.39, 0.29) is 6.42 Å². The van der Waals surface area contributed by atoms with Crippen molar-refractivity contribution in [2.24, 2.45) is 0 Å². The van der Waals surface area contributed by atoms with E-state index in [2.05, 4.69) is 15.1 Å². The standard InChI is InChI=1S/C11H11N4O2/c12-9(16)2-1-3-10-14-11(15-17-10)8-4-6-13-7-5-8/h4-7,12H,1-3H2. The van der Waals surface area contributed by atoms with Crippen LogP contribution in [-0.4, -0.2) is 21.0 Å². The first kappa shape index (κ1) is 11.3. The molecular formula is C11H11N4O2. The molecule has 1 radical (unpaired) electrons. The van der Waals surface area contributed by atoms with Crippen molar-refractivity contribution >= 4 is 5.91 Å². The van der Waals surface area contributed by atoms with Crippen LogP contribution in [0, 0.1) is 0 Å². The Kier molecular flexibility index (Phi) is 3.44. The molecule has 2 rings (SSSR count). The number of carbonyl (C=O) groups excluding carboxylic acids is 1. The second-order valence-electron chi connectivity index (χ2n) is 3.52. The molecule has 1 N–H and O–H groups in total. The van der Waals surface area contributed by atoms with E-state index < -0.39 is 5.91 Å². The summed E-state index contributed by atoms with van der Waals surface area (Å²) in [5, 5.41) is 3.84. The lowest BCUT2D eigenvalue weighted by atomic mass is 10.2. The van der Waals surface area contributed by atoms with Gasteiger partial charge in [-0.25, -0.2) is 0 Å². The van der Waals surface area contributed by atoms with Gasteiger partial charge in [-0.2, -0.15) is 4.98 Å². The Hall–Kier alpha value is -2.24. The first-order valence-corrected chi connectivity index (χ1v) is 5.23. The predicted molar refractivity (Wildman–Crippen MR) is 58.6 cm³/mol. The van der Waals surface area contributed by atoms with Crippen LogP contribution in [0.4, 0.5) is 0 Å². The Labute approximate surface area is 97.9 Å². The fourth-order valence-electron chi connectivity index (χ4n) is 1.37. The van der Waals surface area contributed by atoms with E-state index in [1.807, 2.05) is 0 Å². The molecule has 0 bridgehead atoms. The van der Waals surface area contributed by atoms with Gasteiger partial charge in [0, 0.05) is 30.8 Å². The highest BCUT2D eigenvalue weighted by atomic mass is 16.5. The molecule has 87 valence electrons. The molecule has 1 amide bonds. The van der Waals surface area contributed by atoms with Gasteiger partial charge in [0.15, 0.2) is 0 Å². The number of nitrogens with one attached hydrogen (secondary N) is 1. The topological polar surface area (TPSA) is 92.7 Å². The van der Waals surface area contributed by atoms with Crippen LogP contribution in [0.15, 0.2) is 29.0 Å². The van der Waals surface area contributed by atoms with Crippen molar-refractivity contribution in [3.8, 4) is 11.4 Å². The minimum absolute atomic E-state index is 0.215. The van der Waals surface area contributed by atoms with Gasteiger partial charge in [-0.05, 0) is 18.6 Å². The second-order valence-corrected chi connectivity index (χ2v) is 3.52. The molecule has 2 heterocycles. The molecule has 0 atom stereocenters. The molecular weight excluding hydrogens is 220 g/mol. The lowest BCUT2D eigenvalue weighted by Crippen LogP contribution is -1.98. The van der Waals surface area contributed by atoms with Crippen molar-refractivity contribution in [2.45, 2.75) is 19.3 Å². The monoisotopic (exact) mass is 231 g/mol. The van der Waals surface area contributed by atoms with Gasteiger partial charge in [0.1, 0.15) is 0 Å². The SMILES string of the molecule is [NH]C(=O)CCCc1nc(-c2ccncc2)no1. The molecule has 0 saturated carbocycles. The number of pyridine rings is 1. The number of amides is 1. The number of aromatic nitrogens is 3. The molecule has 0 spiro atoms. The zero-order chi connectivity index (χ0) is 12.1. The molecule has 0 fully saturated rings. The number of carbonyl (C=O) groups is 1. The summed E-state index contributed by atoms with van der Waals surface area (Å²) in [6.45, 7) is 0. The zero-order valence-corrected chi connectivity index (χ0v) is 9.09. The summed E-state index contributed by atoms with van der Waals surface area (Å²) in [6, 6.07) is 3.59. The number of aryl methyl sites for hydroxylation is 1. The van der Waals surface area contributed by atoms with Crippen LogP contribution in [0.3, 0.4) is 0 Å². The van der Waals surface area contributed by atoms with E-state index in [9.17, 15) is 4.79 Å². The van der Waals surface area contributed by atoms with Gasteiger partial charge in [0.05, 0.1) is 0 Å². The van der Waals surface area contributed by atoms with Crippen molar-refractivity contribution in [1.29, 1.82) is 0 Å². The fourth-order valence-corrected chi connectivity index (χ4v) is 1.37. The van der Waals surface area contributed by atoms with Crippen molar-refractivity contribution in [3.05, 3.63) is 30.4 Å². The van der Waals surface area contributed by atoms with Crippen molar-refractivity contribution < 1.29 is 9.32 Å². The molecule has 2 aromatic rings. The van der Waals surface area contributed by atoms with Crippen molar-refractivity contribution in [1.82, 2.24) is 20.9 Å². The molecule has 6 heteroatoms.